The van der Waals surface area contributed by atoms with Crippen LogP contribution in [0.5, 0.6) is 5.75 Å². The van der Waals surface area contributed by atoms with Gasteiger partial charge in [0.1, 0.15) is 5.75 Å². The molecule has 0 heterocycles. The summed E-state index contributed by atoms with van der Waals surface area (Å²) in [5, 5.41) is 0.527. The van der Waals surface area contributed by atoms with E-state index in [0.29, 0.717) is 28.8 Å². The van der Waals surface area contributed by atoms with E-state index >= 15 is 0 Å². The van der Waals surface area contributed by atoms with Gasteiger partial charge in [-0.1, -0.05) is 18.0 Å². The summed E-state index contributed by atoms with van der Waals surface area (Å²) in [6.07, 6.45) is 2.94. The van der Waals surface area contributed by atoms with Crippen LogP contribution in [0.3, 0.4) is 0 Å². The van der Waals surface area contributed by atoms with Crippen LogP contribution in [0.15, 0.2) is 18.2 Å². The number of nitrogens with zero attached hydrogens (tertiary/aromatic N) is 1. The van der Waals surface area contributed by atoms with Crippen LogP contribution in [-0.2, 0) is 0 Å². The third-order valence-corrected chi connectivity index (χ3v) is 3.37. The molecular weight excluding hydrogens is 285 g/mol. The van der Waals surface area contributed by atoms with Crippen LogP contribution < -0.4 is 4.74 Å². The normalized spacial score (nSPS) is 10.3. The van der Waals surface area contributed by atoms with E-state index in [0.717, 1.165) is 19.3 Å². The maximum atomic E-state index is 12.3. The fourth-order valence-electron chi connectivity index (χ4n) is 1.77. The van der Waals surface area contributed by atoms with Gasteiger partial charge in [0.15, 0.2) is 0 Å². The summed E-state index contributed by atoms with van der Waals surface area (Å²) in [4.78, 5) is 14.0. The minimum Gasteiger partial charge on any atom is -0.496 e. The fraction of sp³-hybridized carbons (Fsp3) is 0.500. The quantitative estimate of drug-likeness (QED) is 0.566. The van der Waals surface area contributed by atoms with Gasteiger partial charge in [-0.25, -0.2) is 0 Å². The summed E-state index contributed by atoms with van der Waals surface area (Å²) < 4.78 is 5.19. The summed E-state index contributed by atoms with van der Waals surface area (Å²) in [7, 11) is 3.32. The number of carbonyl (C=O) groups excluding carboxylic acids is 1. The SMILES string of the molecule is COc1ccc(Cl)cc1C(=O)N(C)CCCCCCl. The lowest BCUT2D eigenvalue weighted by molar-refractivity contribution is 0.0789. The van der Waals surface area contributed by atoms with Crippen molar-refractivity contribution in [3.8, 4) is 5.75 Å². The summed E-state index contributed by atoms with van der Waals surface area (Å²) >= 11 is 11.5. The van der Waals surface area contributed by atoms with Crippen LogP contribution in [-0.4, -0.2) is 37.4 Å². The Bertz CT molecular complexity index is 424. The maximum absolute atomic E-state index is 12.3. The van der Waals surface area contributed by atoms with Crippen molar-refractivity contribution in [2.75, 3.05) is 26.6 Å². The lowest BCUT2D eigenvalue weighted by Crippen LogP contribution is -2.28. The zero-order valence-corrected chi connectivity index (χ0v) is 12.8. The molecule has 0 aromatic heterocycles. The molecule has 1 rings (SSSR count). The van der Waals surface area contributed by atoms with Gasteiger partial charge in [0, 0.05) is 24.5 Å². The topological polar surface area (TPSA) is 29.5 Å². The van der Waals surface area contributed by atoms with E-state index in [1.807, 2.05) is 0 Å². The molecule has 0 aliphatic carbocycles. The van der Waals surface area contributed by atoms with E-state index < -0.39 is 0 Å². The van der Waals surface area contributed by atoms with Gasteiger partial charge < -0.3 is 9.64 Å². The van der Waals surface area contributed by atoms with Crippen molar-refractivity contribution in [3.63, 3.8) is 0 Å². The van der Waals surface area contributed by atoms with Gasteiger partial charge in [-0.2, -0.15) is 0 Å². The molecule has 0 aliphatic heterocycles. The van der Waals surface area contributed by atoms with Crippen molar-refractivity contribution in [2.45, 2.75) is 19.3 Å². The van der Waals surface area contributed by atoms with Gasteiger partial charge in [-0.05, 0) is 31.0 Å². The molecule has 0 fully saturated rings. The van der Waals surface area contributed by atoms with Crippen molar-refractivity contribution >= 4 is 29.1 Å². The number of rotatable bonds is 7. The summed E-state index contributed by atoms with van der Waals surface area (Å²) in [5.74, 6) is 1.13. The molecule has 19 heavy (non-hydrogen) atoms. The van der Waals surface area contributed by atoms with Crippen LogP contribution in [0.4, 0.5) is 0 Å². The van der Waals surface area contributed by atoms with Gasteiger partial charge in [0.2, 0.25) is 0 Å². The third kappa shape index (κ3) is 4.92. The Kier molecular flexibility index (Phi) is 7.03. The molecule has 0 unspecified atom stereocenters. The van der Waals surface area contributed by atoms with Crippen LogP contribution in [0.1, 0.15) is 29.6 Å². The maximum Gasteiger partial charge on any atom is 0.257 e. The molecule has 0 bridgehead atoms. The molecular formula is C14H19Cl2NO2. The average molecular weight is 304 g/mol. The third-order valence-electron chi connectivity index (χ3n) is 2.87. The first-order valence-corrected chi connectivity index (χ1v) is 7.16. The minimum absolute atomic E-state index is 0.0785. The zero-order valence-electron chi connectivity index (χ0n) is 11.3. The minimum atomic E-state index is -0.0785. The highest BCUT2D eigenvalue weighted by atomic mass is 35.5. The number of hydrogen-bond donors (Lipinski definition) is 0. The Morgan fingerprint density at radius 1 is 1.32 bits per heavy atom. The summed E-state index contributed by atoms with van der Waals surface area (Å²) in [6, 6.07) is 5.05. The Morgan fingerprint density at radius 3 is 2.68 bits per heavy atom. The molecule has 5 heteroatoms. The van der Waals surface area contributed by atoms with Crippen molar-refractivity contribution < 1.29 is 9.53 Å². The predicted octanol–water partition coefficient (Wildman–Crippen LogP) is 3.83. The molecule has 0 spiro atoms. The van der Waals surface area contributed by atoms with Crippen molar-refractivity contribution in [1.82, 2.24) is 4.90 Å². The molecule has 0 saturated heterocycles. The van der Waals surface area contributed by atoms with Gasteiger partial charge in [-0.3, -0.25) is 4.79 Å². The number of alkyl halides is 1. The van der Waals surface area contributed by atoms with Gasteiger partial charge in [0.25, 0.3) is 5.91 Å². The molecule has 0 saturated carbocycles. The number of halogens is 2. The summed E-state index contributed by atoms with van der Waals surface area (Å²) in [5.41, 5.74) is 0.495. The van der Waals surface area contributed by atoms with E-state index in [9.17, 15) is 4.79 Å². The van der Waals surface area contributed by atoms with Crippen LogP contribution in [0, 0.1) is 0 Å². The monoisotopic (exact) mass is 303 g/mol. The smallest absolute Gasteiger partial charge is 0.257 e. The van der Waals surface area contributed by atoms with E-state index in [1.165, 1.54) is 0 Å². The molecule has 0 atom stereocenters. The molecule has 0 radical (unpaired) electrons. The van der Waals surface area contributed by atoms with Crippen LogP contribution in [0.25, 0.3) is 0 Å². The molecule has 3 nitrogen and oxygen atoms in total. The molecule has 106 valence electrons. The standard InChI is InChI=1S/C14H19Cl2NO2/c1-17(9-5-3-4-8-15)14(18)12-10-11(16)6-7-13(12)19-2/h6-7,10H,3-5,8-9H2,1-2H3. The number of benzene rings is 1. The van der Waals surface area contributed by atoms with E-state index in [2.05, 4.69) is 0 Å². The van der Waals surface area contributed by atoms with Crippen molar-refractivity contribution in [2.24, 2.45) is 0 Å². The average Bonchev–Trinajstić information content (AvgIpc) is 2.42. The Hall–Kier alpha value is -0.930. The van der Waals surface area contributed by atoms with Gasteiger partial charge in [-0.15, -0.1) is 11.6 Å². The fourth-order valence-corrected chi connectivity index (χ4v) is 2.14. The number of hydrogen-bond acceptors (Lipinski definition) is 2. The number of carbonyl (C=O) groups is 1. The largest absolute Gasteiger partial charge is 0.496 e. The first-order chi connectivity index (χ1) is 9.10. The number of unbranched alkanes of at least 4 members (excludes halogenated alkanes) is 2. The lowest BCUT2D eigenvalue weighted by atomic mass is 10.1. The highest BCUT2D eigenvalue weighted by Gasteiger charge is 2.16. The Balaban J connectivity index is 2.68. The highest BCUT2D eigenvalue weighted by Crippen LogP contribution is 2.23. The van der Waals surface area contributed by atoms with Crippen LogP contribution >= 0.6 is 23.2 Å². The molecule has 1 aromatic rings. The highest BCUT2D eigenvalue weighted by molar-refractivity contribution is 6.31. The molecule has 0 aliphatic rings. The van der Waals surface area contributed by atoms with Crippen LogP contribution in [0.2, 0.25) is 5.02 Å². The van der Waals surface area contributed by atoms with E-state index in [1.54, 1.807) is 37.3 Å². The first kappa shape index (κ1) is 16.1. The predicted molar refractivity (Wildman–Crippen MR) is 79.5 cm³/mol. The number of methoxy groups -OCH3 is 1. The van der Waals surface area contributed by atoms with Crippen molar-refractivity contribution in [3.05, 3.63) is 28.8 Å². The second-order valence-electron chi connectivity index (χ2n) is 4.32. The van der Waals surface area contributed by atoms with Gasteiger partial charge >= 0.3 is 0 Å². The Morgan fingerprint density at radius 2 is 2.05 bits per heavy atom. The first-order valence-electron chi connectivity index (χ1n) is 6.25. The number of ether oxygens (including phenoxy) is 1. The lowest BCUT2D eigenvalue weighted by Gasteiger charge is -2.18. The molecule has 1 aromatic carbocycles. The number of amides is 1. The Labute approximate surface area is 124 Å². The molecule has 0 N–H and O–H groups in total. The van der Waals surface area contributed by atoms with Gasteiger partial charge in [0.05, 0.1) is 12.7 Å². The summed E-state index contributed by atoms with van der Waals surface area (Å²) in [6.45, 7) is 0.700. The van der Waals surface area contributed by atoms with E-state index in [4.69, 9.17) is 27.9 Å². The van der Waals surface area contributed by atoms with Crippen molar-refractivity contribution in [1.29, 1.82) is 0 Å². The molecule has 1 amide bonds. The second-order valence-corrected chi connectivity index (χ2v) is 5.14. The van der Waals surface area contributed by atoms with E-state index in [-0.39, 0.29) is 5.91 Å². The zero-order chi connectivity index (χ0) is 14.3. The second kappa shape index (κ2) is 8.28.